The fourth-order valence-corrected chi connectivity index (χ4v) is 5.18. The van der Waals surface area contributed by atoms with E-state index in [1.807, 2.05) is 4.90 Å². The van der Waals surface area contributed by atoms with Gasteiger partial charge in [-0.15, -0.1) is 0 Å². The van der Waals surface area contributed by atoms with Gasteiger partial charge in [0.15, 0.2) is 0 Å². The summed E-state index contributed by atoms with van der Waals surface area (Å²) < 4.78 is 0. The maximum atomic E-state index is 12.6. The third-order valence-electron chi connectivity index (χ3n) is 6.38. The van der Waals surface area contributed by atoms with Gasteiger partial charge in [-0.25, -0.2) is 4.79 Å². The number of fused-ring (bicyclic) bond motifs is 5. The maximum Gasteiger partial charge on any atom is 0.319 e. The van der Waals surface area contributed by atoms with E-state index < -0.39 is 0 Å². The highest BCUT2D eigenvalue weighted by Crippen LogP contribution is 2.52. The van der Waals surface area contributed by atoms with Gasteiger partial charge in [-0.1, -0.05) is 12.2 Å². The molecule has 2 bridgehead atoms. The van der Waals surface area contributed by atoms with Crippen molar-refractivity contribution in [3.63, 3.8) is 0 Å². The molecule has 0 aromatic rings. The summed E-state index contributed by atoms with van der Waals surface area (Å²) in [6.07, 6.45) is 8.22. The number of allylic oxidation sites excluding steroid dienone is 2. The Kier molecular flexibility index (Phi) is 3.66. The summed E-state index contributed by atoms with van der Waals surface area (Å²) in [4.78, 5) is 40.9. The van der Waals surface area contributed by atoms with Crippen LogP contribution in [0.15, 0.2) is 12.2 Å². The van der Waals surface area contributed by atoms with E-state index in [1.165, 1.54) is 4.90 Å². The molecule has 2 aliphatic carbocycles. The number of urea groups is 1. The molecule has 6 nitrogen and oxygen atoms in total. The van der Waals surface area contributed by atoms with E-state index in [4.69, 9.17) is 0 Å². The Morgan fingerprint density at radius 2 is 1.62 bits per heavy atom. The van der Waals surface area contributed by atoms with Gasteiger partial charge < -0.3 is 10.2 Å². The number of carbonyl (C=O) groups excluding carboxylic acids is 3. The van der Waals surface area contributed by atoms with Crippen LogP contribution in [0.5, 0.6) is 0 Å². The van der Waals surface area contributed by atoms with Crippen LogP contribution in [0, 0.1) is 23.7 Å². The lowest BCUT2D eigenvalue weighted by Gasteiger charge is -2.39. The van der Waals surface area contributed by atoms with Crippen LogP contribution in [0.3, 0.4) is 0 Å². The van der Waals surface area contributed by atoms with Crippen molar-refractivity contribution in [1.29, 1.82) is 0 Å². The highest BCUT2D eigenvalue weighted by atomic mass is 16.2. The first kappa shape index (κ1) is 15.7. The summed E-state index contributed by atoms with van der Waals surface area (Å²) in [6, 6.07) is 0.213. The fraction of sp³-hybridized carbons (Fsp3) is 0.722. The van der Waals surface area contributed by atoms with Crippen LogP contribution in [0.1, 0.15) is 39.5 Å². The Morgan fingerprint density at radius 1 is 1.08 bits per heavy atom. The van der Waals surface area contributed by atoms with Crippen LogP contribution in [0.4, 0.5) is 4.79 Å². The Balaban J connectivity index is 1.41. The van der Waals surface area contributed by atoms with E-state index >= 15 is 0 Å². The van der Waals surface area contributed by atoms with Crippen LogP contribution < -0.4 is 5.32 Å². The van der Waals surface area contributed by atoms with Crippen molar-refractivity contribution in [3.8, 4) is 0 Å². The van der Waals surface area contributed by atoms with Gasteiger partial charge in [0, 0.05) is 12.1 Å². The second-order valence-corrected chi connectivity index (χ2v) is 7.78. The predicted octanol–water partition coefficient (Wildman–Crippen LogP) is 1.72. The van der Waals surface area contributed by atoms with Gasteiger partial charge in [0.05, 0.1) is 11.8 Å². The lowest BCUT2D eigenvalue weighted by Crippen LogP contribution is -2.54. The molecule has 1 N–H and O–H groups in total. The van der Waals surface area contributed by atoms with E-state index in [0.717, 1.165) is 25.7 Å². The van der Waals surface area contributed by atoms with Crippen molar-refractivity contribution in [3.05, 3.63) is 12.2 Å². The number of hydrogen-bond acceptors (Lipinski definition) is 3. The molecule has 6 atom stereocenters. The van der Waals surface area contributed by atoms with Crippen molar-refractivity contribution >= 4 is 17.8 Å². The molecule has 1 saturated carbocycles. The Morgan fingerprint density at radius 3 is 2.17 bits per heavy atom. The minimum Gasteiger partial charge on any atom is -0.320 e. The first-order valence-electron chi connectivity index (χ1n) is 9.08. The number of hydrogen-bond donors (Lipinski definition) is 1. The normalized spacial score (nSPS) is 40.4. The zero-order chi connectivity index (χ0) is 17.0. The van der Waals surface area contributed by atoms with E-state index in [2.05, 4.69) is 31.3 Å². The molecule has 4 aliphatic rings. The van der Waals surface area contributed by atoms with Crippen LogP contribution in [-0.4, -0.2) is 46.4 Å². The largest absolute Gasteiger partial charge is 0.320 e. The third kappa shape index (κ3) is 2.19. The molecule has 130 valence electrons. The summed E-state index contributed by atoms with van der Waals surface area (Å²) in [5, 5.41) is 2.81. The summed E-state index contributed by atoms with van der Waals surface area (Å²) >= 11 is 0. The van der Waals surface area contributed by atoms with E-state index in [1.54, 1.807) is 0 Å². The average molecular weight is 331 g/mol. The zero-order valence-corrected chi connectivity index (χ0v) is 14.3. The molecule has 0 aromatic heterocycles. The summed E-state index contributed by atoms with van der Waals surface area (Å²) in [6.45, 7) is 4.10. The van der Waals surface area contributed by atoms with Crippen molar-refractivity contribution in [2.75, 3.05) is 6.67 Å². The number of likely N-dealkylation sites (tertiary alicyclic amines) is 2. The van der Waals surface area contributed by atoms with Gasteiger partial charge >= 0.3 is 6.03 Å². The molecule has 0 radical (unpaired) electrons. The molecule has 2 heterocycles. The van der Waals surface area contributed by atoms with Gasteiger partial charge in [-0.2, -0.15) is 0 Å². The maximum absolute atomic E-state index is 12.6. The lowest BCUT2D eigenvalue weighted by molar-refractivity contribution is -0.140. The SMILES string of the molecule is CC1CCCC(C)N1C(=O)NCN1C(=O)C2C3C=CC(C3)C2C1=O. The number of nitrogens with one attached hydrogen (secondary N) is 1. The topological polar surface area (TPSA) is 69.7 Å². The molecular weight excluding hydrogens is 306 g/mol. The van der Waals surface area contributed by atoms with Gasteiger partial charge in [0.25, 0.3) is 0 Å². The molecule has 24 heavy (non-hydrogen) atoms. The number of carbonyl (C=O) groups is 3. The monoisotopic (exact) mass is 331 g/mol. The lowest BCUT2D eigenvalue weighted by atomic mass is 9.85. The quantitative estimate of drug-likeness (QED) is 0.619. The minimum absolute atomic E-state index is 0.00111. The summed E-state index contributed by atoms with van der Waals surface area (Å²) in [5.41, 5.74) is 0. The Labute approximate surface area is 142 Å². The highest BCUT2D eigenvalue weighted by molar-refractivity contribution is 6.06. The van der Waals surface area contributed by atoms with E-state index in [0.29, 0.717) is 0 Å². The molecule has 6 heteroatoms. The van der Waals surface area contributed by atoms with Crippen LogP contribution in [0.25, 0.3) is 0 Å². The number of piperidine rings is 1. The van der Waals surface area contributed by atoms with Crippen LogP contribution in [-0.2, 0) is 9.59 Å². The number of nitrogens with zero attached hydrogens (tertiary/aromatic N) is 2. The molecule has 0 spiro atoms. The first-order chi connectivity index (χ1) is 11.5. The number of amides is 4. The van der Waals surface area contributed by atoms with Crippen LogP contribution >= 0.6 is 0 Å². The third-order valence-corrected chi connectivity index (χ3v) is 6.38. The molecule has 2 saturated heterocycles. The van der Waals surface area contributed by atoms with E-state index in [-0.39, 0.29) is 60.3 Å². The molecule has 2 aliphatic heterocycles. The standard InChI is InChI=1S/C18H25N3O3/c1-10-4-3-5-11(2)21(10)18(24)19-9-20-16(22)14-12-6-7-13(8-12)15(14)17(20)23/h6-7,10-15H,3-5,8-9H2,1-2H3,(H,19,24). The molecule has 0 aromatic carbocycles. The van der Waals surface area contributed by atoms with Gasteiger partial charge in [-0.05, 0) is 51.4 Å². The van der Waals surface area contributed by atoms with Gasteiger partial charge in [-0.3, -0.25) is 14.5 Å². The van der Waals surface area contributed by atoms with Crippen molar-refractivity contribution in [1.82, 2.24) is 15.1 Å². The average Bonchev–Trinajstić information content (AvgIpc) is 3.20. The van der Waals surface area contributed by atoms with Gasteiger partial charge in [0.2, 0.25) is 11.8 Å². The zero-order valence-electron chi connectivity index (χ0n) is 14.3. The Bertz CT molecular complexity index is 577. The number of imide groups is 1. The number of rotatable bonds is 2. The Hall–Kier alpha value is -1.85. The minimum atomic E-state index is -0.197. The fourth-order valence-electron chi connectivity index (χ4n) is 5.18. The second kappa shape index (κ2) is 5.60. The first-order valence-corrected chi connectivity index (χ1v) is 9.08. The molecule has 6 unspecified atom stereocenters. The molecule has 3 fully saturated rings. The second-order valence-electron chi connectivity index (χ2n) is 7.78. The van der Waals surface area contributed by atoms with Crippen molar-refractivity contribution in [2.45, 2.75) is 51.6 Å². The highest BCUT2D eigenvalue weighted by Gasteiger charge is 2.59. The summed E-state index contributed by atoms with van der Waals surface area (Å²) in [5.74, 6) is -0.197. The van der Waals surface area contributed by atoms with Crippen LogP contribution in [0.2, 0.25) is 0 Å². The van der Waals surface area contributed by atoms with Crippen molar-refractivity contribution in [2.24, 2.45) is 23.7 Å². The van der Waals surface area contributed by atoms with E-state index in [9.17, 15) is 14.4 Å². The van der Waals surface area contributed by atoms with Gasteiger partial charge in [0.1, 0.15) is 6.67 Å². The van der Waals surface area contributed by atoms with Crippen molar-refractivity contribution < 1.29 is 14.4 Å². The predicted molar refractivity (Wildman–Crippen MR) is 87.6 cm³/mol. The molecule has 4 rings (SSSR count). The smallest absolute Gasteiger partial charge is 0.319 e. The summed E-state index contributed by atoms with van der Waals surface area (Å²) in [7, 11) is 0. The molecule has 4 amide bonds. The molecular formula is C18H25N3O3.